The molecular weight excluding hydrogens is 454 g/mol. The highest BCUT2D eigenvalue weighted by Crippen LogP contribution is 2.36. The third-order valence-electron chi connectivity index (χ3n) is 6.02. The van der Waals surface area contributed by atoms with Crippen molar-refractivity contribution in [1.29, 1.82) is 0 Å². The molecule has 1 amide bonds. The molecule has 170 valence electrons. The molecule has 0 saturated heterocycles. The molecule has 0 unspecified atom stereocenters. The van der Waals surface area contributed by atoms with E-state index in [1.165, 1.54) is 16.6 Å². The monoisotopic (exact) mass is 479 g/mol. The summed E-state index contributed by atoms with van der Waals surface area (Å²) in [5, 5.41) is 1.30. The fourth-order valence-corrected chi connectivity index (χ4v) is 6.60. The predicted octanol–water partition coefficient (Wildman–Crippen LogP) is 4.90. The van der Waals surface area contributed by atoms with Crippen LogP contribution in [-0.2, 0) is 24.2 Å². The van der Waals surface area contributed by atoms with Crippen molar-refractivity contribution in [2.24, 2.45) is 0 Å². The summed E-state index contributed by atoms with van der Waals surface area (Å²) in [6.07, 6.45) is 4.63. The zero-order valence-electron chi connectivity index (χ0n) is 18.9. The van der Waals surface area contributed by atoms with E-state index in [1.807, 2.05) is 38.1 Å². The summed E-state index contributed by atoms with van der Waals surface area (Å²) in [6.45, 7) is 4.45. The van der Waals surface area contributed by atoms with Gasteiger partial charge < -0.3 is 9.32 Å². The summed E-state index contributed by atoms with van der Waals surface area (Å²) < 4.78 is 7.05. The first-order valence-corrected chi connectivity index (χ1v) is 12.8. The van der Waals surface area contributed by atoms with Crippen LogP contribution in [0.4, 0.5) is 0 Å². The van der Waals surface area contributed by atoms with Crippen LogP contribution in [0.15, 0.2) is 51.0 Å². The summed E-state index contributed by atoms with van der Waals surface area (Å²) in [5.41, 5.74) is 4.09. The highest BCUT2D eigenvalue weighted by Gasteiger charge is 2.25. The number of thiophene rings is 1. The Hall–Kier alpha value is -2.84. The fraction of sp³-hybridized carbons (Fsp3) is 0.320. The number of rotatable bonds is 6. The fourth-order valence-electron chi connectivity index (χ4n) is 4.35. The zero-order valence-corrected chi connectivity index (χ0v) is 20.5. The minimum Gasteiger partial charge on any atom is -0.467 e. The van der Waals surface area contributed by atoms with Gasteiger partial charge in [-0.15, -0.1) is 11.3 Å². The Morgan fingerprint density at radius 1 is 1.27 bits per heavy atom. The maximum Gasteiger partial charge on any atom is 0.267 e. The molecule has 0 radical (unpaired) electrons. The Bertz CT molecular complexity index is 1400. The summed E-state index contributed by atoms with van der Waals surface area (Å²) in [6, 6.07) is 9.71. The number of amides is 1. The second-order valence-corrected chi connectivity index (χ2v) is 10.5. The van der Waals surface area contributed by atoms with Gasteiger partial charge in [-0.2, -0.15) is 0 Å². The number of carbonyl (C=O) groups is 1. The summed E-state index contributed by atoms with van der Waals surface area (Å²) in [7, 11) is 1.75. The van der Waals surface area contributed by atoms with Crippen LogP contribution in [-0.4, -0.2) is 33.2 Å². The first-order valence-electron chi connectivity index (χ1n) is 11.0. The molecule has 0 N–H and O–H groups in total. The lowest BCUT2D eigenvalue weighted by molar-refractivity contribution is -0.127. The number of aromatic nitrogens is 2. The molecule has 3 heterocycles. The highest BCUT2D eigenvalue weighted by molar-refractivity contribution is 7.99. The predicted molar refractivity (Wildman–Crippen MR) is 133 cm³/mol. The maximum absolute atomic E-state index is 13.8. The Balaban J connectivity index is 1.53. The van der Waals surface area contributed by atoms with Gasteiger partial charge in [-0.3, -0.25) is 14.2 Å². The van der Waals surface area contributed by atoms with Crippen LogP contribution in [0.3, 0.4) is 0 Å². The second kappa shape index (κ2) is 8.83. The molecule has 0 fully saturated rings. The van der Waals surface area contributed by atoms with Crippen LogP contribution in [0, 0.1) is 13.8 Å². The van der Waals surface area contributed by atoms with Gasteiger partial charge in [0, 0.05) is 11.9 Å². The van der Waals surface area contributed by atoms with E-state index in [4.69, 9.17) is 9.40 Å². The van der Waals surface area contributed by atoms with Gasteiger partial charge in [-0.1, -0.05) is 29.5 Å². The van der Waals surface area contributed by atoms with Crippen molar-refractivity contribution in [2.75, 3.05) is 12.8 Å². The summed E-state index contributed by atoms with van der Waals surface area (Å²) >= 11 is 2.93. The molecular formula is C25H25N3O3S2. The molecule has 1 aromatic carbocycles. The summed E-state index contributed by atoms with van der Waals surface area (Å²) in [5.74, 6) is 0.868. The quantitative estimate of drug-likeness (QED) is 0.291. The number of thioether (sulfide) groups is 1. The molecule has 1 aliphatic carbocycles. The lowest BCUT2D eigenvalue weighted by atomic mass is 10.1. The number of aryl methyl sites for hydroxylation is 4. The number of furan rings is 1. The molecule has 33 heavy (non-hydrogen) atoms. The van der Waals surface area contributed by atoms with Crippen molar-refractivity contribution < 1.29 is 9.21 Å². The molecule has 6 nitrogen and oxygen atoms in total. The average Bonchev–Trinajstić information content (AvgIpc) is 3.50. The zero-order chi connectivity index (χ0) is 23.1. The van der Waals surface area contributed by atoms with Crippen LogP contribution >= 0.6 is 23.1 Å². The second-order valence-electron chi connectivity index (χ2n) is 8.48. The van der Waals surface area contributed by atoms with Gasteiger partial charge in [-0.05, 0) is 62.4 Å². The van der Waals surface area contributed by atoms with Crippen molar-refractivity contribution in [3.8, 4) is 5.69 Å². The van der Waals surface area contributed by atoms with Crippen molar-refractivity contribution in [2.45, 2.75) is 44.8 Å². The Labute approximate surface area is 200 Å². The number of carbonyl (C=O) groups excluding carboxylic acids is 1. The molecule has 3 aromatic heterocycles. The normalized spacial score (nSPS) is 12.9. The number of nitrogens with zero attached hydrogens (tertiary/aromatic N) is 3. The molecule has 0 spiro atoms. The first-order chi connectivity index (χ1) is 15.9. The Morgan fingerprint density at radius 3 is 2.88 bits per heavy atom. The number of hydrogen-bond donors (Lipinski definition) is 0. The molecule has 0 bridgehead atoms. The van der Waals surface area contributed by atoms with Crippen LogP contribution < -0.4 is 5.56 Å². The van der Waals surface area contributed by atoms with Gasteiger partial charge in [0.15, 0.2) is 5.16 Å². The molecule has 0 aliphatic heterocycles. The van der Waals surface area contributed by atoms with Gasteiger partial charge in [0.25, 0.3) is 5.56 Å². The van der Waals surface area contributed by atoms with Crippen LogP contribution in [0.25, 0.3) is 15.9 Å². The largest absolute Gasteiger partial charge is 0.467 e. The van der Waals surface area contributed by atoms with Crippen LogP contribution in [0.5, 0.6) is 0 Å². The molecule has 0 saturated carbocycles. The van der Waals surface area contributed by atoms with Crippen LogP contribution in [0.1, 0.15) is 33.7 Å². The maximum atomic E-state index is 13.8. The lowest BCUT2D eigenvalue weighted by Crippen LogP contribution is -2.28. The molecule has 0 atom stereocenters. The van der Waals surface area contributed by atoms with E-state index in [9.17, 15) is 9.59 Å². The van der Waals surface area contributed by atoms with Crippen molar-refractivity contribution in [1.82, 2.24) is 14.5 Å². The van der Waals surface area contributed by atoms with E-state index in [0.717, 1.165) is 57.6 Å². The van der Waals surface area contributed by atoms with Gasteiger partial charge in [0.1, 0.15) is 10.6 Å². The van der Waals surface area contributed by atoms with E-state index in [2.05, 4.69) is 6.07 Å². The standard InChI is InChI=1S/C25H25N3O3S2/c1-15-9-10-19(16(2)12-15)28-24(30)22-18-7-4-8-20(18)33-23(22)26-25(28)32-14-21(29)27(3)13-17-6-5-11-31-17/h5-6,9-12H,4,7-8,13-14H2,1-3H3. The van der Waals surface area contributed by atoms with Gasteiger partial charge in [0.2, 0.25) is 5.91 Å². The minimum atomic E-state index is -0.0494. The van der Waals surface area contributed by atoms with Gasteiger partial charge >= 0.3 is 0 Å². The molecule has 5 rings (SSSR count). The third kappa shape index (κ3) is 4.13. The van der Waals surface area contributed by atoms with Gasteiger partial charge in [0.05, 0.1) is 29.6 Å². The van der Waals surface area contributed by atoms with Crippen LogP contribution in [0.2, 0.25) is 0 Å². The van der Waals surface area contributed by atoms with Crippen molar-refractivity contribution in [3.05, 3.63) is 74.3 Å². The van der Waals surface area contributed by atoms with E-state index >= 15 is 0 Å². The molecule has 1 aliphatic rings. The number of hydrogen-bond acceptors (Lipinski definition) is 6. The highest BCUT2D eigenvalue weighted by atomic mass is 32.2. The van der Waals surface area contributed by atoms with Crippen molar-refractivity contribution >= 4 is 39.2 Å². The van der Waals surface area contributed by atoms with E-state index in [1.54, 1.807) is 34.1 Å². The van der Waals surface area contributed by atoms with Gasteiger partial charge in [-0.25, -0.2) is 4.98 Å². The molecule has 4 aromatic rings. The van der Waals surface area contributed by atoms with E-state index in [0.29, 0.717) is 11.7 Å². The lowest BCUT2D eigenvalue weighted by Gasteiger charge is -2.17. The SMILES string of the molecule is Cc1ccc(-n2c(SCC(=O)N(C)Cc3ccco3)nc3sc4c(c3c2=O)CCC4)c(C)c1. The molecule has 8 heteroatoms. The Morgan fingerprint density at radius 2 is 2.12 bits per heavy atom. The number of fused-ring (bicyclic) bond motifs is 3. The van der Waals surface area contributed by atoms with E-state index < -0.39 is 0 Å². The van der Waals surface area contributed by atoms with Crippen molar-refractivity contribution in [3.63, 3.8) is 0 Å². The smallest absolute Gasteiger partial charge is 0.267 e. The topological polar surface area (TPSA) is 68.3 Å². The summed E-state index contributed by atoms with van der Waals surface area (Å²) in [4.78, 5) is 35.2. The first kappa shape index (κ1) is 22.0. The Kier molecular flexibility index (Phi) is 5.88. The number of benzene rings is 1. The van der Waals surface area contributed by atoms with E-state index in [-0.39, 0.29) is 17.2 Å². The third-order valence-corrected chi connectivity index (χ3v) is 8.13. The minimum absolute atomic E-state index is 0.0368. The average molecular weight is 480 g/mol.